The van der Waals surface area contributed by atoms with E-state index in [1.54, 1.807) is 0 Å². The van der Waals surface area contributed by atoms with Crippen LogP contribution >= 0.6 is 11.6 Å². The van der Waals surface area contributed by atoms with Gasteiger partial charge in [-0.25, -0.2) is 0 Å². The second kappa shape index (κ2) is 5.00. The van der Waals surface area contributed by atoms with Gasteiger partial charge in [-0.15, -0.1) is 0 Å². The van der Waals surface area contributed by atoms with Crippen LogP contribution in [0, 0.1) is 5.41 Å². The fourth-order valence-electron chi connectivity index (χ4n) is 1.81. The molecule has 1 nitrogen and oxygen atoms in total. The summed E-state index contributed by atoms with van der Waals surface area (Å²) in [6.07, 6.45) is 1.87. The first-order chi connectivity index (χ1) is 6.88. The highest BCUT2D eigenvalue weighted by Gasteiger charge is 2.16. The van der Waals surface area contributed by atoms with Crippen molar-refractivity contribution in [2.24, 2.45) is 11.1 Å². The van der Waals surface area contributed by atoms with E-state index in [0.29, 0.717) is 0 Å². The van der Waals surface area contributed by atoms with Gasteiger partial charge in [-0.2, -0.15) is 0 Å². The van der Waals surface area contributed by atoms with Crippen molar-refractivity contribution in [2.75, 3.05) is 0 Å². The maximum atomic E-state index is 6.10. The predicted molar refractivity (Wildman–Crippen MR) is 67.2 cm³/mol. The monoisotopic (exact) mass is 225 g/mol. The minimum atomic E-state index is 0.185. The Bertz CT molecular complexity index is 315. The highest BCUT2D eigenvalue weighted by molar-refractivity contribution is 6.31. The number of hydrogen-bond donors (Lipinski definition) is 1. The van der Waals surface area contributed by atoms with Crippen molar-refractivity contribution in [2.45, 2.75) is 39.7 Å². The Hall–Kier alpha value is -0.530. The Labute approximate surface area is 97.6 Å². The average Bonchev–Trinajstić information content (AvgIpc) is 2.05. The van der Waals surface area contributed by atoms with Crippen molar-refractivity contribution < 1.29 is 0 Å². The van der Waals surface area contributed by atoms with Gasteiger partial charge < -0.3 is 5.73 Å². The quantitative estimate of drug-likeness (QED) is 0.835. The minimum absolute atomic E-state index is 0.185. The van der Waals surface area contributed by atoms with E-state index in [9.17, 15) is 0 Å². The molecule has 84 valence electrons. The van der Waals surface area contributed by atoms with Crippen molar-refractivity contribution in [1.29, 1.82) is 0 Å². The van der Waals surface area contributed by atoms with E-state index in [0.717, 1.165) is 23.4 Å². The third kappa shape index (κ3) is 4.67. The van der Waals surface area contributed by atoms with Crippen LogP contribution in [0.1, 0.15) is 32.8 Å². The van der Waals surface area contributed by atoms with E-state index in [2.05, 4.69) is 20.8 Å². The van der Waals surface area contributed by atoms with Crippen molar-refractivity contribution >= 4 is 11.6 Å². The molecule has 0 saturated heterocycles. The third-order valence-corrected chi connectivity index (χ3v) is 2.68. The molecular formula is C13H20ClN. The fraction of sp³-hybridized carbons (Fsp3) is 0.538. The molecule has 0 aromatic heterocycles. The van der Waals surface area contributed by atoms with Crippen LogP contribution in [0.3, 0.4) is 0 Å². The second-order valence-corrected chi connectivity index (χ2v) is 5.73. The average molecular weight is 226 g/mol. The fourth-order valence-corrected chi connectivity index (χ4v) is 2.02. The molecule has 0 saturated carbocycles. The van der Waals surface area contributed by atoms with Crippen LogP contribution in [0.25, 0.3) is 0 Å². The number of benzene rings is 1. The summed E-state index contributed by atoms with van der Waals surface area (Å²) < 4.78 is 0. The SMILES string of the molecule is CC(C)(C)CC(N)Cc1ccccc1Cl. The van der Waals surface area contributed by atoms with Gasteiger partial charge in [0.15, 0.2) is 0 Å². The van der Waals surface area contributed by atoms with Crippen molar-refractivity contribution in [3.63, 3.8) is 0 Å². The first-order valence-corrected chi connectivity index (χ1v) is 5.75. The van der Waals surface area contributed by atoms with Gasteiger partial charge >= 0.3 is 0 Å². The Morgan fingerprint density at radius 3 is 2.40 bits per heavy atom. The van der Waals surface area contributed by atoms with Gasteiger partial charge in [-0.05, 0) is 29.9 Å². The summed E-state index contributed by atoms with van der Waals surface area (Å²) in [6, 6.07) is 8.10. The molecule has 0 aliphatic heterocycles. The van der Waals surface area contributed by atoms with E-state index >= 15 is 0 Å². The molecular weight excluding hydrogens is 206 g/mol. The summed E-state index contributed by atoms with van der Waals surface area (Å²) in [4.78, 5) is 0. The molecule has 1 aromatic carbocycles. The largest absolute Gasteiger partial charge is 0.327 e. The molecule has 0 fully saturated rings. The van der Waals surface area contributed by atoms with Gasteiger partial charge in [0.1, 0.15) is 0 Å². The lowest BCUT2D eigenvalue weighted by Gasteiger charge is -2.23. The molecule has 2 heteroatoms. The predicted octanol–water partition coefficient (Wildman–Crippen LogP) is 3.65. The van der Waals surface area contributed by atoms with Crippen LogP contribution in [0.2, 0.25) is 5.02 Å². The topological polar surface area (TPSA) is 26.0 Å². The number of rotatable bonds is 3. The zero-order valence-corrected chi connectivity index (χ0v) is 10.5. The van der Waals surface area contributed by atoms with Gasteiger partial charge in [0.2, 0.25) is 0 Å². The first-order valence-electron chi connectivity index (χ1n) is 5.37. The minimum Gasteiger partial charge on any atom is -0.327 e. The second-order valence-electron chi connectivity index (χ2n) is 5.32. The highest BCUT2D eigenvalue weighted by Crippen LogP contribution is 2.23. The lowest BCUT2D eigenvalue weighted by molar-refractivity contribution is 0.338. The normalized spacial score (nSPS) is 13.9. The molecule has 0 radical (unpaired) electrons. The molecule has 0 aliphatic rings. The molecule has 0 spiro atoms. The smallest absolute Gasteiger partial charge is 0.0438 e. The zero-order chi connectivity index (χ0) is 11.5. The molecule has 0 aliphatic carbocycles. The number of nitrogens with two attached hydrogens (primary N) is 1. The van der Waals surface area contributed by atoms with Gasteiger partial charge in [0.05, 0.1) is 0 Å². The molecule has 0 bridgehead atoms. The maximum Gasteiger partial charge on any atom is 0.0438 e. The Morgan fingerprint density at radius 2 is 1.87 bits per heavy atom. The molecule has 1 aromatic rings. The summed E-state index contributed by atoms with van der Waals surface area (Å²) in [5.74, 6) is 0. The lowest BCUT2D eigenvalue weighted by atomic mass is 9.86. The molecule has 0 heterocycles. The Balaban J connectivity index is 2.59. The number of hydrogen-bond acceptors (Lipinski definition) is 1. The summed E-state index contributed by atoms with van der Waals surface area (Å²) >= 11 is 6.08. The Morgan fingerprint density at radius 1 is 1.27 bits per heavy atom. The number of halogens is 1. The van der Waals surface area contributed by atoms with Crippen LogP contribution in [0.4, 0.5) is 0 Å². The van der Waals surface area contributed by atoms with Crippen LogP contribution in [0.15, 0.2) is 24.3 Å². The lowest BCUT2D eigenvalue weighted by Crippen LogP contribution is -2.28. The highest BCUT2D eigenvalue weighted by atomic mass is 35.5. The van der Waals surface area contributed by atoms with Gasteiger partial charge in [0, 0.05) is 11.1 Å². The van der Waals surface area contributed by atoms with E-state index < -0.39 is 0 Å². The van der Waals surface area contributed by atoms with Crippen LogP contribution in [0.5, 0.6) is 0 Å². The summed E-state index contributed by atoms with van der Waals surface area (Å²) in [7, 11) is 0. The summed E-state index contributed by atoms with van der Waals surface area (Å²) in [6.45, 7) is 6.62. The van der Waals surface area contributed by atoms with Crippen molar-refractivity contribution in [1.82, 2.24) is 0 Å². The molecule has 1 rings (SSSR count). The standard InChI is InChI=1S/C13H20ClN/c1-13(2,3)9-11(15)8-10-6-4-5-7-12(10)14/h4-7,11H,8-9,15H2,1-3H3. The van der Waals surface area contributed by atoms with Crippen molar-refractivity contribution in [3.8, 4) is 0 Å². The molecule has 1 atom stereocenters. The zero-order valence-electron chi connectivity index (χ0n) is 9.76. The molecule has 2 N–H and O–H groups in total. The summed E-state index contributed by atoms with van der Waals surface area (Å²) in [5.41, 5.74) is 7.53. The maximum absolute atomic E-state index is 6.10. The molecule has 0 amide bonds. The first kappa shape index (κ1) is 12.5. The van der Waals surface area contributed by atoms with E-state index in [1.807, 2.05) is 24.3 Å². The van der Waals surface area contributed by atoms with Gasteiger partial charge in [-0.3, -0.25) is 0 Å². The molecule has 15 heavy (non-hydrogen) atoms. The van der Waals surface area contributed by atoms with Gasteiger partial charge in [-0.1, -0.05) is 50.6 Å². The summed E-state index contributed by atoms with van der Waals surface area (Å²) in [5, 5.41) is 0.821. The van der Waals surface area contributed by atoms with Crippen molar-refractivity contribution in [3.05, 3.63) is 34.9 Å². The van der Waals surface area contributed by atoms with Gasteiger partial charge in [0.25, 0.3) is 0 Å². The third-order valence-electron chi connectivity index (χ3n) is 2.31. The van der Waals surface area contributed by atoms with E-state index in [-0.39, 0.29) is 11.5 Å². The Kier molecular flexibility index (Phi) is 4.18. The van der Waals surface area contributed by atoms with Crippen LogP contribution in [-0.2, 0) is 6.42 Å². The molecule has 1 unspecified atom stereocenters. The van der Waals surface area contributed by atoms with E-state index in [4.69, 9.17) is 17.3 Å². The van der Waals surface area contributed by atoms with E-state index in [1.165, 1.54) is 0 Å². The van der Waals surface area contributed by atoms with Crippen LogP contribution < -0.4 is 5.73 Å². The van der Waals surface area contributed by atoms with Crippen LogP contribution in [-0.4, -0.2) is 6.04 Å².